The molecule has 1 amide bonds. The molecule has 0 saturated carbocycles. The van der Waals surface area contributed by atoms with Gasteiger partial charge in [0.05, 0.1) is 5.56 Å². The van der Waals surface area contributed by atoms with Gasteiger partial charge in [0.1, 0.15) is 12.4 Å². The average Bonchev–Trinajstić information content (AvgIpc) is 3.34. The SMILES string of the molecule is CN1CCOc2cccc(c2)-c2cc3ccccc3n2CCN(C(=O)c2cccnc2)Cc2cccc(c2)C1. The number of para-hydroxylation sites is 1. The van der Waals surface area contributed by atoms with Crippen molar-refractivity contribution < 1.29 is 9.53 Å². The Bertz CT molecular complexity index is 1590. The van der Waals surface area contributed by atoms with Crippen molar-refractivity contribution in [3.63, 3.8) is 0 Å². The molecule has 0 fully saturated rings. The lowest BCUT2D eigenvalue weighted by molar-refractivity contribution is 0.0737. The maximum atomic E-state index is 13.7. The van der Waals surface area contributed by atoms with Crippen molar-refractivity contribution >= 4 is 16.8 Å². The van der Waals surface area contributed by atoms with E-state index < -0.39 is 0 Å². The van der Waals surface area contributed by atoms with E-state index in [2.05, 4.69) is 88.2 Å². The van der Waals surface area contributed by atoms with Crippen LogP contribution in [0.1, 0.15) is 21.5 Å². The van der Waals surface area contributed by atoms with Crippen LogP contribution < -0.4 is 4.74 Å². The molecule has 4 bridgehead atoms. The molecule has 0 radical (unpaired) electrons. The summed E-state index contributed by atoms with van der Waals surface area (Å²) in [4.78, 5) is 22.1. The third kappa shape index (κ3) is 5.56. The second kappa shape index (κ2) is 11.1. The Labute approximate surface area is 229 Å². The average molecular weight is 517 g/mol. The number of ether oxygens (including phenoxy) is 1. The molecule has 3 aromatic carbocycles. The van der Waals surface area contributed by atoms with Gasteiger partial charge < -0.3 is 14.2 Å². The van der Waals surface area contributed by atoms with E-state index in [0.717, 1.165) is 41.2 Å². The number of fused-ring (bicyclic) bond motifs is 8. The Hall–Kier alpha value is -4.42. The number of rotatable bonds is 1. The van der Waals surface area contributed by atoms with Crippen molar-refractivity contribution in [2.24, 2.45) is 0 Å². The predicted molar refractivity (Wildman–Crippen MR) is 155 cm³/mol. The molecule has 6 heteroatoms. The number of hydrogen-bond acceptors (Lipinski definition) is 4. The standard InChI is InChI=1S/C33H32N4O2/c1-35-17-18-39-30-12-5-10-27(20-30)32-21-28-9-2-3-13-31(28)37(32)16-15-36(33(38)29-11-6-14-34-22-29)24-26-8-4-7-25(19-26)23-35/h2-14,19-22H,15-18,23-24H2,1H3. The first-order valence-electron chi connectivity index (χ1n) is 13.4. The molecule has 0 atom stereocenters. The van der Waals surface area contributed by atoms with E-state index in [1.807, 2.05) is 29.2 Å². The van der Waals surface area contributed by atoms with Gasteiger partial charge in [-0.15, -0.1) is 0 Å². The summed E-state index contributed by atoms with van der Waals surface area (Å²) in [7, 11) is 2.11. The molecule has 0 unspecified atom stereocenters. The summed E-state index contributed by atoms with van der Waals surface area (Å²) in [5, 5.41) is 1.17. The van der Waals surface area contributed by atoms with E-state index in [0.29, 0.717) is 31.8 Å². The van der Waals surface area contributed by atoms with Crippen LogP contribution in [0.3, 0.4) is 0 Å². The van der Waals surface area contributed by atoms with Gasteiger partial charge in [0.15, 0.2) is 0 Å². The molecule has 0 aliphatic carbocycles. The number of pyridine rings is 1. The Morgan fingerprint density at radius 1 is 0.821 bits per heavy atom. The number of nitrogens with zero attached hydrogens (tertiary/aromatic N) is 4. The summed E-state index contributed by atoms with van der Waals surface area (Å²) in [6.45, 7) is 3.96. The number of hydrogen-bond donors (Lipinski definition) is 0. The van der Waals surface area contributed by atoms with Crippen LogP contribution in [-0.4, -0.2) is 52.0 Å². The molecule has 2 aromatic heterocycles. The minimum Gasteiger partial charge on any atom is -0.492 e. The minimum absolute atomic E-state index is 0.0167. The molecule has 3 heterocycles. The van der Waals surface area contributed by atoms with E-state index in [1.54, 1.807) is 12.4 Å². The van der Waals surface area contributed by atoms with Crippen LogP contribution in [-0.2, 0) is 19.6 Å². The Morgan fingerprint density at radius 3 is 2.54 bits per heavy atom. The number of amides is 1. The van der Waals surface area contributed by atoms with Crippen molar-refractivity contribution in [2.75, 3.05) is 26.7 Å². The molecule has 196 valence electrons. The van der Waals surface area contributed by atoms with Gasteiger partial charge in [-0.1, -0.05) is 54.6 Å². The molecule has 6 rings (SSSR count). The van der Waals surface area contributed by atoms with Gasteiger partial charge in [-0.25, -0.2) is 0 Å². The Kier molecular flexibility index (Phi) is 7.11. The fourth-order valence-corrected chi connectivity index (χ4v) is 5.34. The second-order valence-electron chi connectivity index (χ2n) is 10.1. The summed E-state index contributed by atoms with van der Waals surface area (Å²) in [5.74, 6) is 0.842. The number of carbonyl (C=O) groups excluding carboxylic acids is 1. The molecule has 0 N–H and O–H groups in total. The summed E-state index contributed by atoms with van der Waals surface area (Å²) in [5.41, 5.74) is 6.28. The normalized spacial score (nSPS) is 14.8. The van der Waals surface area contributed by atoms with Gasteiger partial charge in [0.2, 0.25) is 0 Å². The highest BCUT2D eigenvalue weighted by atomic mass is 16.5. The molecule has 1 aliphatic rings. The van der Waals surface area contributed by atoms with Crippen LogP contribution in [0.25, 0.3) is 22.2 Å². The highest BCUT2D eigenvalue weighted by Crippen LogP contribution is 2.31. The maximum Gasteiger partial charge on any atom is 0.255 e. The van der Waals surface area contributed by atoms with Crippen molar-refractivity contribution in [3.05, 3.63) is 120 Å². The van der Waals surface area contributed by atoms with Gasteiger partial charge in [0, 0.05) is 67.3 Å². The fraction of sp³-hybridized carbons (Fsp3) is 0.212. The van der Waals surface area contributed by atoms with Gasteiger partial charge in [-0.05, 0) is 54.6 Å². The number of benzene rings is 3. The van der Waals surface area contributed by atoms with Crippen LogP contribution in [0.4, 0.5) is 0 Å². The fourth-order valence-electron chi connectivity index (χ4n) is 5.34. The number of likely N-dealkylation sites (N-methyl/N-ethyl adjacent to an activating group) is 1. The summed E-state index contributed by atoms with van der Waals surface area (Å²) < 4.78 is 8.49. The van der Waals surface area contributed by atoms with Crippen molar-refractivity contribution in [1.29, 1.82) is 0 Å². The van der Waals surface area contributed by atoms with E-state index in [9.17, 15) is 4.79 Å². The van der Waals surface area contributed by atoms with Crippen molar-refractivity contribution in [1.82, 2.24) is 19.4 Å². The highest BCUT2D eigenvalue weighted by molar-refractivity contribution is 5.94. The van der Waals surface area contributed by atoms with Crippen molar-refractivity contribution in [2.45, 2.75) is 19.6 Å². The van der Waals surface area contributed by atoms with E-state index in [1.165, 1.54) is 10.9 Å². The highest BCUT2D eigenvalue weighted by Gasteiger charge is 2.19. The molecule has 5 aromatic rings. The first-order chi connectivity index (χ1) is 19.1. The third-order valence-electron chi connectivity index (χ3n) is 7.29. The predicted octanol–water partition coefficient (Wildman–Crippen LogP) is 5.87. The first-order valence-corrected chi connectivity index (χ1v) is 13.4. The lowest BCUT2D eigenvalue weighted by Gasteiger charge is -2.25. The van der Waals surface area contributed by atoms with Crippen LogP contribution in [0.2, 0.25) is 0 Å². The van der Waals surface area contributed by atoms with Crippen LogP contribution in [0, 0.1) is 0 Å². The van der Waals surface area contributed by atoms with E-state index in [-0.39, 0.29) is 5.91 Å². The quantitative estimate of drug-likeness (QED) is 0.280. The zero-order chi connectivity index (χ0) is 26.6. The lowest BCUT2D eigenvalue weighted by atomic mass is 10.1. The van der Waals surface area contributed by atoms with Crippen LogP contribution >= 0.6 is 0 Å². The van der Waals surface area contributed by atoms with Gasteiger partial charge in [0.25, 0.3) is 5.91 Å². The Morgan fingerprint density at radius 2 is 1.67 bits per heavy atom. The van der Waals surface area contributed by atoms with Crippen LogP contribution in [0.5, 0.6) is 5.75 Å². The second-order valence-corrected chi connectivity index (χ2v) is 10.1. The topological polar surface area (TPSA) is 50.6 Å². The van der Waals surface area contributed by atoms with E-state index in [4.69, 9.17) is 4.74 Å². The monoisotopic (exact) mass is 516 g/mol. The zero-order valence-corrected chi connectivity index (χ0v) is 22.2. The third-order valence-corrected chi connectivity index (χ3v) is 7.29. The number of carbonyl (C=O) groups is 1. The molecular weight excluding hydrogens is 484 g/mol. The number of aromatic nitrogens is 2. The molecule has 0 spiro atoms. The van der Waals surface area contributed by atoms with Gasteiger partial charge in [-0.2, -0.15) is 0 Å². The Balaban J connectivity index is 1.43. The molecule has 6 nitrogen and oxygen atoms in total. The maximum absolute atomic E-state index is 13.7. The lowest BCUT2D eigenvalue weighted by Crippen LogP contribution is -2.33. The molecular formula is C33H32N4O2. The summed E-state index contributed by atoms with van der Waals surface area (Å²) in [6, 6.07) is 31.1. The summed E-state index contributed by atoms with van der Waals surface area (Å²) in [6.07, 6.45) is 3.35. The van der Waals surface area contributed by atoms with Gasteiger partial charge in [-0.3, -0.25) is 14.7 Å². The minimum atomic E-state index is -0.0167. The van der Waals surface area contributed by atoms with E-state index >= 15 is 0 Å². The smallest absolute Gasteiger partial charge is 0.255 e. The zero-order valence-electron chi connectivity index (χ0n) is 22.2. The first kappa shape index (κ1) is 24.9. The van der Waals surface area contributed by atoms with Crippen molar-refractivity contribution in [3.8, 4) is 17.0 Å². The van der Waals surface area contributed by atoms with Crippen LogP contribution in [0.15, 0.2) is 103 Å². The van der Waals surface area contributed by atoms with Gasteiger partial charge >= 0.3 is 0 Å². The molecule has 1 aliphatic heterocycles. The molecule has 0 saturated heterocycles. The summed E-state index contributed by atoms with van der Waals surface area (Å²) >= 11 is 0. The molecule has 39 heavy (non-hydrogen) atoms. The largest absolute Gasteiger partial charge is 0.492 e.